The largest absolute Gasteiger partial charge is 0.429 e. The van der Waals surface area contributed by atoms with Crippen LogP contribution in [-0.2, 0) is 0 Å². The van der Waals surface area contributed by atoms with Gasteiger partial charge >= 0.3 is 6.11 Å². The average Bonchev–Trinajstić information content (AvgIpc) is 2.71. The van der Waals surface area contributed by atoms with E-state index in [-0.39, 0.29) is 5.56 Å². The second-order valence-electron chi connectivity index (χ2n) is 9.25. The summed E-state index contributed by atoms with van der Waals surface area (Å²) < 4.78 is 74.6. The Labute approximate surface area is 176 Å². The summed E-state index contributed by atoms with van der Waals surface area (Å²) in [4.78, 5) is 0. The summed E-state index contributed by atoms with van der Waals surface area (Å²) in [6.45, 7) is 3.54. The molecule has 2 fully saturated rings. The van der Waals surface area contributed by atoms with Crippen LogP contribution in [0.3, 0.4) is 0 Å². The van der Waals surface area contributed by atoms with E-state index in [1.165, 1.54) is 51.5 Å². The molecular weight excluding hydrogens is 399 g/mol. The molecule has 2 saturated carbocycles. The first-order valence-electron chi connectivity index (χ1n) is 11.4. The molecular formula is C24H33F5O. The molecule has 0 unspecified atom stereocenters. The van der Waals surface area contributed by atoms with Crippen LogP contribution in [-0.4, -0.2) is 6.11 Å². The first kappa shape index (κ1) is 23.3. The van der Waals surface area contributed by atoms with Crippen molar-refractivity contribution in [2.75, 3.05) is 0 Å². The highest BCUT2D eigenvalue weighted by molar-refractivity contribution is 5.38. The van der Waals surface area contributed by atoms with E-state index >= 15 is 0 Å². The summed E-state index contributed by atoms with van der Waals surface area (Å²) in [6.07, 6.45) is 2.83. The molecule has 3 rings (SSSR count). The monoisotopic (exact) mass is 432 g/mol. The highest BCUT2D eigenvalue weighted by Crippen LogP contribution is 2.46. The van der Waals surface area contributed by atoms with Crippen LogP contribution in [0.1, 0.15) is 88.7 Å². The van der Waals surface area contributed by atoms with Gasteiger partial charge in [0.15, 0.2) is 11.6 Å². The maximum Gasteiger partial charge on any atom is 0.400 e. The SMILES string of the molecule is CCCC1CCC(C2CCC(C(F)(F)Oc3ccc(C)c(C(F)F)c3F)CC2)CC1. The zero-order valence-electron chi connectivity index (χ0n) is 17.9. The van der Waals surface area contributed by atoms with Crippen molar-refractivity contribution >= 4 is 0 Å². The molecule has 0 amide bonds. The minimum atomic E-state index is -3.57. The van der Waals surface area contributed by atoms with Gasteiger partial charge < -0.3 is 4.74 Å². The molecule has 0 aromatic heterocycles. The quantitative estimate of drug-likeness (QED) is 0.393. The molecule has 30 heavy (non-hydrogen) atoms. The second-order valence-corrected chi connectivity index (χ2v) is 9.25. The lowest BCUT2D eigenvalue weighted by Crippen LogP contribution is -2.38. The summed E-state index contributed by atoms with van der Waals surface area (Å²) in [5, 5.41) is 0. The number of hydrogen-bond donors (Lipinski definition) is 0. The molecule has 2 aliphatic carbocycles. The topological polar surface area (TPSA) is 9.23 Å². The number of ether oxygens (including phenoxy) is 1. The molecule has 0 aliphatic heterocycles. The fourth-order valence-corrected chi connectivity index (χ4v) is 5.53. The van der Waals surface area contributed by atoms with Crippen LogP contribution in [0.4, 0.5) is 22.0 Å². The zero-order chi connectivity index (χ0) is 21.9. The minimum Gasteiger partial charge on any atom is -0.429 e. The summed E-state index contributed by atoms with van der Waals surface area (Å²) in [7, 11) is 0. The Hall–Kier alpha value is -1.33. The molecule has 170 valence electrons. The first-order valence-corrected chi connectivity index (χ1v) is 11.4. The second kappa shape index (κ2) is 9.86. The zero-order valence-corrected chi connectivity index (χ0v) is 17.9. The van der Waals surface area contributed by atoms with Gasteiger partial charge in [-0.2, -0.15) is 8.78 Å². The summed E-state index contributed by atoms with van der Waals surface area (Å²) in [6, 6.07) is 2.21. The first-order chi connectivity index (χ1) is 14.2. The smallest absolute Gasteiger partial charge is 0.400 e. The average molecular weight is 433 g/mol. The van der Waals surface area contributed by atoms with Crippen molar-refractivity contribution in [1.82, 2.24) is 0 Å². The van der Waals surface area contributed by atoms with Crippen molar-refractivity contribution in [3.63, 3.8) is 0 Å². The van der Waals surface area contributed by atoms with Crippen LogP contribution in [0, 0.1) is 36.4 Å². The lowest BCUT2D eigenvalue weighted by atomic mass is 9.68. The van der Waals surface area contributed by atoms with Crippen molar-refractivity contribution in [2.45, 2.75) is 90.6 Å². The maximum absolute atomic E-state index is 14.7. The van der Waals surface area contributed by atoms with Crippen molar-refractivity contribution in [3.05, 3.63) is 29.1 Å². The normalized spacial score (nSPS) is 28.0. The van der Waals surface area contributed by atoms with E-state index < -0.39 is 35.6 Å². The molecule has 0 bridgehead atoms. The predicted molar refractivity (Wildman–Crippen MR) is 107 cm³/mol. The van der Waals surface area contributed by atoms with Gasteiger partial charge in [-0.25, -0.2) is 13.2 Å². The lowest BCUT2D eigenvalue weighted by molar-refractivity contribution is -0.225. The van der Waals surface area contributed by atoms with Crippen LogP contribution < -0.4 is 4.74 Å². The molecule has 1 aromatic rings. The Balaban J connectivity index is 1.57. The third-order valence-corrected chi connectivity index (χ3v) is 7.33. The van der Waals surface area contributed by atoms with E-state index in [4.69, 9.17) is 4.74 Å². The van der Waals surface area contributed by atoms with E-state index in [1.807, 2.05) is 0 Å². The Morgan fingerprint density at radius 2 is 1.53 bits per heavy atom. The van der Waals surface area contributed by atoms with Crippen LogP contribution in [0.2, 0.25) is 0 Å². The van der Waals surface area contributed by atoms with Gasteiger partial charge in [0.25, 0.3) is 6.43 Å². The van der Waals surface area contributed by atoms with Gasteiger partial charge in [-0.1, -0.05) is 38.7 Å². The molecule has 0 N–H and O–H groups in total. The molecule has 0 spiro atoms. The number of rotatable bonds is 7. The minimum absolute atomic E-state index is 0.0207. The Morgan fingerprint density at radius 3 is 2.07 bits per heavy atom. The third kappa shape index (κ3) is 5.28. The van der Waals surface area contributed by atoms with Crippen molar-refractivity contribution in [2.24, 2.45) is 23.7 Å². The number of aryl methyl sites for hydroxylation is 1. The lowest BCUT2D eigenvalue weighted by Gasteiger charge is -2.39. The van der Waals surface area contributed by atoms with E-state index in [1.54, 1.807) is 0 Å². The van der Waals surface area contributed by atoms with Gasteiger partial charge in [-0.05, 0) is 74.8 Å². The number of alkyl halides is 4. The number of halogens is 5. The summed E-state index contributed by atoms with van der Waals surface area (Å²) in [5.74, 6) is -1.28. The van der Waals surface area contributed by atoms with Crippen molar-refractivity contribution in [1.29, 1.82) is 0 Å². The third-order valence-electron chi connectivity index (χ3n) is 7.33. The highest BCUT2D eigenvalue weighted by Gasteiger charge is 2.45. The van der Waals surface area contributed by atoms with Gasteiger partial charge in [-0.15, -0.1) is 0 Å². The van der Waals surface area contributed by atoms with E-state index in [9.17, 15) is 22.0 Å². The van der Waals surface area contributed by atoms with Crippen LogP contribution in [0.5, 0.6) is 5.75 Å². The van der Waals surface area contributed by atoms with Crippen LogP contribution in [0.25, 0.3) is 0 Å². The maximum atomic E-state index is 14.7. The highest BCUT2D eigenvalue weighted by atomic mass is 19.3. The van der Waals surface area contributed by atoms with Crippen molar-refractivity contribution in [3.8, 4) is 5.75 Å². The molecule has 0 heterocycles. The van der Waals surface area contributed by atoms with Gasteiger partial charge in [0.1, 0.15) is 0 Å². The van der Waals surface area contributed by atoms with Crippen LogP contribution >= 0.6 is 0 Å². The van der Waals surface area contributed by atoms with Gasteiger partial charge in [0.05, 0.1) is 11.5 Å². The standard InChI is InChI=1S/C24H33F5O/c1-3-4-16-6-8-17(9-7-16)18-10-12-19(13-11-18)24(28,29)30-20-14-5-15(2)21(22(20)25)23(26)27/h5,14,16-19,23H,3-4,6-13H2,1-2H3. The molecule has 6 heteroatoms. The Bertz CT molecular complexity index is 689. The fraction of sp³-hybridized carbons (Fsp3) is 0.750. The molecule has 0 saturated heterocycles. The van der Waals surface area contributed by atoms with Gasteiger partial charge in [0.2, 0.25) is 0 Å². The van der Waals surface area contributed by atoms with E-state index in [0.29, 0.717) is 24.7 Å². The molecule has 0 radical (unpaired) electrons. The van der Waals surface area contributed by atoms with Gasteiger partial charge in [-0.3, -0.25) is 0 Å². The number of benzene rings is 1. The van der Waals surface area contributed by atoms with Crippen molar-refractivity contribution < 1.29 is 26.7 Å². The van der Waals surface area contributed by atoms with Crippen LogP contribution in [0.15, 0.2) is 12.1 Å². The van der Waals surface area contributed by atoms with E-state index in [0.717, 1.165) is 24.8 Å². The Morgan fingerprint density at radius 1 is 0.967 bits per heavy atom. The van der Waals surface area contributed by atoms with Gasteiger partial charge in [0, 0.05) is 0 Å². The Kier molecular flexibility index (Phi) is 7.67. The summed E-state index contributed by atoms with van der Waals surface area (Å²) >= 11 is 0. The molecule has 0 atom stereocenters. The predicted octanol–water partition coefficient (Wildman–Crippen LogP) is 8.46. The molecule has 1 aromatic carbocycles. The number of hydrogen-bond acceptors (Lipinski definition) is 1. The van der Waals surface area contributed by atoms with E-state index in [2.05, 4.69) is 6.92 Å². The molecule has 2 aliphatic rings. The molecule has 1 nitrogen and oxygen atoms in total. The fourth-order valence-electron chi connectivity index (χ4n) is 5.53. The summed E-state index contributed by atoms with van der Waals surface area (Å²) in [5.41, 5.74) is -0.849.